The van der Waals surface area contributed by atoms with Crippen LogP contribution in [-0.2, 0) is 4.79 Å². The van der Waals surface area contributed by atoms with E-state index >= 15 is 0 Å². The summed E-state index contributed by atoms with van der Waals surface area (Å²) in [4.78, 5) is 11.9. The summed E-state index contributed by atoms with van der Waals surface area (Å²) in [6.45, 7) is 2.77. The number of halogens is 2. The normalized spacial score (nSPS) is 10.4. The number of aromatic nitrogens is 2. The molecule has 112 valence electrons. The highest BCUT2D eigenvalue weighted by Crippen LogP contribution is 2.27. The highest BCUT2D eigenvalue weighted by atomic mass is 35.5. The predicted octanol–water partition coefficient (Wildman–Crippen LogP) is 4.01. The molecule has 0 atom stereocenters. The topological polar surface area (TPSA) is 66.9 Å². The molecule has 2 N–H and O–H groups in total. The van der Waals surface area contributed by atoms with E-state index in [9.17, 15) is 4.79 Å². The minimum Gasteiger partial charge on any atom is -0.360 e. The van der Waals surface area contributed by atoms with Crippen molar-refractivity contribution in [2.24, 2.45) is 0 Å². The van der Waals surface area contributed by atoms with Gasteiger partial charge in [-0.25, -0.2) is 0 Å². The molecule has 21 heavy (non-hydrogen) atoms. The van der Waals surface area contributed by atoms with Gasteiger partial charge in [-0.15, -0.1) is 10.2 Å². The van der Waals surface area contributed by atoms with E-state index in [1.54, 1.807) is 18.2 Å². The average molecular weight is 363 g/mol. The molecular weight excluding hydrogens is 351 g/mol. The number of nitrogens with one attached hydrogen (secondary N) is 2. The van der Waals surface area contributed by atoms with E-state index in [0.29, 0.717) is 15.7 Å². The highest BCUT2D eigenvalue weighted by Gasteiger charge is 2.10. The van der Waals surface area contributed by atoms with Crippen molar-refractivity contribution in [2.75, 3.05) is 22.9 Å². The van der Waals surface area contributed by atoms with Crippen molar-refractivity contribution in [2.45, 2.75) is 11.3 Å². The van der Waals surface area contributed by atoms with Crippen molar-refractivity contribution in [3.05, 3.63) is 28.2 Å². The van der Waals surface area contributed by atoms with Gasteiger partial charge in [0.25, 0.3) is 0 Å². The maximum absolute atomic E-state index is 11.9. The summed E-state index contributed by atoms with van der Waals surface area (Å²) in [6.07, 6.45) is 0. The first-order valence-corrected chi connectivity index (χ1v) is 8.59. The summed E-state index contributed by atoms with van der Waals surface area (Å²) in [5.74, 6) is 0.0493. The summed E-state index contributed by atoms with van der Waals surface area (Å²) in [7, 11) is 0. The van der Waals surface area contributed by atoms with Crippen LogP contribution in [-0.4, -0.2) is 28.4 Å². The minimum absolute atomic E-state index is 0.177. The van der Waals surface area contributed by atoms with Gasteiger partial charge < -0.3 is 10.6 Å². The Bertz CT molecular complexity index is 635. The Hall–Kier alpha value is -1.02. The van der Waals surface area contributed by atoms with Crippen LogP contribution in [0.25, 0.3) is 0 Å². The smallest absolute Gasteiger partial charge is 0.234 e. The zero-order valence-corrected chi connectivity index (χ0v) is 14.2. The van der Waals surface area contributed by atoms with Crippen molar-refractivity contribution >= 4 is 63.0 Å². The molecule has 0 saturated heterocycles. The zero-order valence-electron chi connectivity index (χ0n) is 11.0. The molecule has 0 aliphatic rings. The second kappa shape index (κ2) is 7.84. The molecule has 9 heteroatoms. The van der Waals surface area contributed by atoms with E-state index in [1.165, 1.54) is 23.1 Å². The molecule has 1 aromatic carbocycles. The summed E-state index contributed by atoms with van der Waals surface area (Å²) >= 11 is 14.6. The fourth-order valence-electron chi connectivity index (χ4n) is 1.40. The molecule has 0 unspecified atom stereocenters. The molecule has 0 fully saturated rings. The quantitative estimate of drug-likeness (QED) is 0.759. The van der Waals surface area contributed by atoms with Crippen molar-refractivity contribution in [1.82, 2.24) is 10.2 Å². The molecule has 0 saturated carbocycles. The third kappa shape index (κ3) is 5.03. The number of carbonyl (C=O) groups is 1. The molecule has 1 aromatic heterocycles. The van der Waals surface area contributed by atoms with Crippen LogP contribution in [0.15, 0.2) is 22.5 Å². The van der Waals surface area contributed by atoms with Crippen LogP contribution in [0.4, 0.5) is 10.8 Å². The predicted molar refractivity (Wildman–Crippen MR) is 89.9 cm³/mol. The molecular formula is C12H12Cl2N4OS2. The Morgan fingerprint density at radius 3 is 2.95 bits per heavy atom. The molecule has 0 bridgehead atoms. The van der Waals surface area contributed by atoms with Gasteiger partial charge in [0.2, 0.25) is 11.0 Å². The summed E-state index contributed by atoms with van der Waals surface area (Å²) in [5.41, 5.74) is 0.500. The summed E-state index contributed by atoms with van der Waals surface area (Å²) < 4.78 is 0.735. The number of nitrogens with zero attached hydrogens (tertiary/aromatic N) is 2. The van der Waals surface area contributed by atoms with E-state index in [-0.39, 0.29) is 11.7 Å². The first kappa shape index (κ1) is 16.4. The molecule has 1 heterocycles. The first-order chi connectivity index (χ1) is 10.1. The van der Waals surface area contributed by atoms with Crippen LogP contribution in [0.5, 0.6) is 0 Å². The maximum Gasteiger partial charge on any atom is 0.234 e. The van der Waals surface area contributed by atoms with Crippen LogP contribution in [0, 0.1) is 0 Å². The number of amides is 1. The van der Waals surface area contributed by atoms with Crippen LogP contribution < -0.4 is 10.6 Å². The number of carbonyl (C=O) groups excluding carboxylic acids is 1. The number of thioether (sulfide) groups is 1. The minimum atomic E-state index is -0.177. The lowest BCUT2D eigenvalue weighted by Gasteiger charge is -2.06. The number of hydrogen-bond donors (Lipinski definition) is 2. The fourth-order valence-corrected chi connectivity index (χ4v) is 3.35. The molecule has 0 aliphatic carbocycles. The largest absolute Gasteiger partial charge is 0.360 e. The molecule has 0 radical (unpaired) electrons. The van der Waals surface area contributed by atoms with Gasteiger partial charge in [0, 0.05) is 11.6 Å². The van der Waals surface area contributed by atoms with Gasteiger partial charge in [0.1, 0.15) is 0 Å². The van der Waals surface area contributed by atoms with Gasteiger partial charge in [-0.2, -0.15) is 0 Å². The lowest BCUT2D eigenvalue weighted by Crippen LogP contribution is -2.14. The van der Waals surface area contributed by atoms with E-state index in [1.807, 2.05) is 6.92 Å². The third-order valence-corrected chi connectivity index (χ3v) is 4.84. The summed E-state index contributed by atoms with van der Waals surface area (Å²) in [5, 5.41) is 15.4. The van der Waals surface area contributed by atoms with Gasteiger partial charge in [0.15, 0.2) is 4.34 Å². The van der Waals surface area contributed by atoms with Crippen molar-refractivity contribution in [3.63, 3.8) is 0 Å². The van der Waals surface area contributed by atoms with Crippen LogP contribution in [0.3, 0.4) is 0 Å². The molecule has 2 aromatic rings. The Labute approximate surface area is 140 Å². The molecule has 0 spiro atoms. The highest BCUT2D eigenvalue weighted by molar-refractivity contribution is 8.01. The molecule has 1 amide bonds. The zero-order chi connectivity index (χ0) is 15.2. The molecule has 2 rings (SSSR count). The van der Waals surface area contributed by atoms with E-state index < -0.39 is 0 Å². The van der Waals surface area contributed by atoms with E-state index in [2.05, 4.69) is 20.8 Å². The number of benzene rings is 1. The van der Waals surface area contributed by atoms with Gasteiger partial charge >= 0.3 is 0 Å². The third-order valence-electron chi connectivity index (χ3n) is 2.26. The standard InChI is InChI=1S/C12H12Cl2N4OS2/c1-2-15-11-17-18-12(21-11)20-6-10(19)16-9-5-7(13)3-4-8(9)14/h3-5H,2,6H2,1H3,(H,15,17)(H,16,19). The van der Waals surface area contributed by atoms with Crippen molar-refractivity contribution in [1.29, 1.82) is 0 Å². The number of rotatable bonds is 6. The Morgan fingerprint density at radius 2 is 2.19 bits per heavy atom. The fraction of sp³-hybridized carbons (Fsp3) is 0.250. The SMILES string of the molecule is CCNc1nnc(SCC(=O)Nc2cc(Cl)ccc2Cl)s1. The second-order valence-corrected chi connectivity index (χ2v) is 6.91. The lowest BCUT2D eigenvalue weighted by atomic mass is 10.3. The van der Waals surface area contributed by atoms with Crippen LogP contribution >= 0.6 is 46.3 Å². The Morgan fingerprint density at radius 1 is 1.38 bits per heavy atom. The van der Waals surface area contributed by atoms with E-state index in [0.717, 1.165) is 16.0 Å². The monoisotopic (exact) mass is 362 g/mol. The number of anilines is 2. The molecule has 0 aliphatic heterocycles. The second-order valence-electron chi connectivity index (χ2n) is 3.86. The van der Waals surface area contributed by atoms with Crippen molar-refractivity contribution < 1.29 is 4.79 Å². The Kier molecular flexibility index (Phi) is 6.10. The lowest BCUT2D eigenvalue weighted by molar-refractivity contribution is -0.113. The first-order valence-electron chi connectivity index (χ1n) is 6.03. The molecule has 5 nitrogen and oxygen atoms in total. The van der Waals surface area contributed by atoms with Crippen molar-refractivity contribution in [3.8, 4) is 0 Å². The van der Waals surface area contributed by atoms with Crippen LogP contribution in [0.2, 0.25) is 10.0 Å². The average Bonchev–Trinajstić information content (AvgIpc) is 2.89. The number of hydrogen-bond acceptors (Lipinski definition) is 6. The summed E-state index contributed by atoms with van der Waals surface area (Å²) in [6, 6.07) is 4.92. The Balaban J connectivity index is 1.88. The van der Waals surface area contributed by atoms with Crippen LogP contribution in [0.1, 0.15) is 6.92 Å². The maximum atomic E-state index is 11.9. The van der Waals surface area contributed by atoms with Gasteiger partial charge in [-0.3, -0.25) is 4.79 Å². The van der Waals surface area contributed by atoms with Gasteiger partial charge in [0.05, 0.1) is 16.5 Å². The van der Waals surface area contributed by atoms with E-state index in [4.69, 9.17) is 23.2 Å². The van der Waals surface area contributed by atoms with Gasteiger partial charge in [-0.05, 0) is 25.1 Å². The van der Waals surface area contributed by atoms with Gasteiger partial charge in [-0.1, -0.05) is 46.3 Å².